The van der Waals surface area contributed by atoms with Gasteiger partial charge in [-0.1, -0.05) is 0 Å². The summed E-state index contributed by atoms with van der Waals surface area (Å²) in [5.74, 6) is 1.42. The Balaban J connectivity index is 1.37. The first-order valence-electron chi connectivity index (χ1n) is 8.90. The van der Waals surface area contributed by atoms with Crippen LogP contribution in [0.5, 0.6) is 0 Å². The summed E-state index contributed by atoms with van der Waals surface area (Å²) in [6.45, 7) is 4.80. The third kappa shape index (κ3) is 2.47. The summed E-state index contributed by atoms with van der Waals surface area (Å²) in [4.78, 5) is 31.6. The van der Waals surface area contributed by atoms with Gasteiger partial charge < -0.3 is 9.80 Å². The van der Waals surface area contributed by atoms with Crippen molar-refractivity contribution in [2.45, 2.75) is 6.92 Å². The number of nitrogens with zero attached hydrogens (tertiary/aromatic N) is 7. The second kappa shape index (κ2) is 5.73. The number of aromatic amines is 1. The molecule has 0 aromatic carbocycles. The molecule has 1 N–H and O–H groups in total. The summed E-state index contributed by atoms with van der Waals surface area (Å²) in [6.07, 6.45) is 3.39. The molecule has 0 radical (unpaired) electrons. The molecule has 2 aliphatic rings. The van der Waals surface area contributed by atoms with Crippen molar-refractivity contribution in [3.05, 3.63) is 34.4 Å². The van der Waals surface area contributed by atoms with Crippen LogP contribution in [0.3, 0.4) is 0 Å². The van der Waals surface area contributed by atoms with Gasteiger partial charge >= 0.3 is 0 Å². The van der Waals surface area contributed by atoms with E-state index in [2.05, 4.69) is 29.9 Å². The van der Waals surface area contributed by atoms with Crippen LogP contribution in [0.4, 0.5) is 16.2 Å². The first-order valence-corrected chi connectivity index (χ1v) is 8.90. The van der Waals surface area contributed by atoms with E-state index < -0.39 is 11.4 Å². The number of H-pyrrole nitrogens is 1. The fourth-order valence-corrected chi connectivity index (χ4v) is 4.25. The number of anilines is 2. The molecule has 140 valence electrons. The molecule has 0 amide bonds. The first kappa shape index (κ1) is 16.2. The molecule has 2 fully saturated rings. The van der Waals surface area contributed by atoms with Crippen LogP contribution in [0.1, 0.15) is 5.69 Å². The van der Waals surface area contributed by atoms with E-state index in [4.69, 9.17) is 0 Å². The molecule has 2 unspecified atom stereocenters. The summed E-state index contributed by atoms with van der Waals surface area (Å²) in [5, 5.41) is 5.24. The van der Waals surface area contributed by atoms with Crippen LogP contribution in [0.25, 0.3) is 11.0 Å². The van der Waals surface area contributed by atoms with Crippen LogP contribution >= 0.6 is 0 Å². The van der Waals surface area contributed by atoms with Gasteiger partial charge in [0.25, 0.3) is 5.56 Å². The van der Waals surface area contributed by atoms with Crippen LogP contribution in [0, 0.1) is 24.6 Å². The maximum atomic E-state index is 13.5. The first-order chi connectivity index (χ1) is 13.0. The van der Waals surface area contributed by atoms with Gasteiger partial charge in [0.2, 0.25) is 11.8 Å². The highest BCUT2D eigenvalue weighted by atomic mass is 19.1. The van der Waals surface area contributed by atoms with Crippen molar-refractivity contribution >= 4 is 22.8 Å². The van der Waals surface area contributed by atoms with Crippen molar-refractivity contribution in [1.29, 1.82) is 0 Å². The zero-order valence-electron chi connectivity index (χ0n) is 15.1. The summed E-state index contributed by atoms with van der Waals surface area (Å²) in [6, 6.07) is 0. The van der Waals surface area contributed by atoms with Gasteiger partial charge in [-0.15, -0.1) is 0 Å². The van der Waals surface area contributed by atoms with Crippen molar-refractivity contribution in [3.63, 3.8) is 0 Å². The number of nitrogens with one attached hydrogen (secondary N) is 1. The van der Waals surface area contributed by atoms with Crippen molar-refractivity contribution < 1.29 is 4.39 Å². The average molecular weight is 370 g/mol. The molecule has 0 saturated carbocycles. The van der Waals surface area contributed by atoms with Crippen LogP contribution < -0.4 is 15.4 Å². The molecule has 9 nitrogen and oxygen atoms in total. The Kier molecular flexibility index (Phi) is 3.43. The quantitative estimate of drug-likeness (QED) is 0.700. The minimum absolute atomic E-state index is 0.132. The Hall–Kier alpha value is -3.04. The molecular weight excluding hydrogens is 351 g/mol. The van der Waals surface area contributed by atoms with E-state index in [1.165, 1.54) is 6.92 Å². The summed E-state index contributed by atoms with van der Waals surface area (Å²) >= 11 is 0. The van der Waals surface area contributed by atoms with Crippen LogP contribution in [-0.4, -0.2) is 55.9 Å². The summed E-state index contributed by atoms with van der Waals surface area (Å²) in [5.41, 5.74) is 0.241. The molecule has 5 heterocycles. The Labute approximate surface area is 153 Å². The van der Waals surface area contributed by atoms with Gasteiger partial charge in [-0.05, 0) is 6.92 Å². The molecule has 2 saturated heterocycles. The topological polar surface area (TPSA) is 95.8 Å². The van der Waals surface area contributed by atoms with Crippen molar-refractivity contribution in [2.75, 3.05) is 36.0 Å². The second-order valence-corrected chi connectivity index (χ2v) is 7.32. The SMILES string of the molecule is Cc1nc(N2CC3CN(c4ncnc5c4cnn5C)CC3C2)[nH]c(=O)c1F. The lowest BCUT2D eigenvalue weighted by Crippen LogP contribution is -2.32. The number of aryl methyl sites for hydroxylation is 2. The lowest BCUT2D eigenvalue weighted by molar-refractivity contribution is 0.533. The minimum Gasteiger partial charge on any atom is -0.355 e. The van der Waals surface area contributed by atoms with Crippen molar-refractivity contribution in [2.24, 2.45) is 18.9 Å². The van der Waals surface area contributed by atoms with E-state index in [1.54, 1.807) is 17.2 Å². The van der Waals surface area contributed by atoms with Crippen molar-refractivity contribution in [3.8, 4) is 0 Å². The fraction of sp³-hybridized carbons (Fsp3) is 0.471. The predicted molar refractivity (Wildman–Crippen MR) is 97.3 cm³/mol. The highest BCUT2D eigenvalue weighted by molar-refractivity contribution is 5.86. The summed E-state index contributed by atoms with van der Waals surface area (Å²) in [7, 11) is 1.87. The summed E-state index contributed by atoms with van der Waals surface area (Å²) < 4.78 is 15.3. The van der Waals surface area contributed by atoms with E-state index in [1.807, 2.05) is 11.9 Å². The second-order valence-electron chi connectivity index (χ2n) is 7.32. The molecule has 3 aromatic heterocycles. The van der Waals surface area contributed by atoms with Crippen LogP contribution in [-0.2, 0) is 7.05 Å². The van der Waals surface area contributed by atoms with Crippen molar-refractivity contribution in [1.82, 2.24) is 29.7 Å². The Morgan fingerprint density at radius 3 is 2.56 bits per heavy atom. The van der Waals surface area contributed by atoms with E-state index in [-0.39, 0.29) is 5.69 Å². The smallest absolute Gasteiger partial charge is 0.288 e. The Morgan fingerprint density at radius 1 is 1.15 bits per heavy atom. The maximum absolute atomic E-state index is 13.5. The Morgan fingerprint density at radius 2 is 1.85 bits per heavy atom. The minimum atomic E-state index is -0.812. The third-order valence-corrected chi connectivity index (χ3v) is 5.61. The third-order valence-electron chi connectivity index (χ3n) is 5.61. The van der Waals surface area contributed by atoms with Gasteiger partial charge in [0, 0.05) is 45.1 Å². The molecule has 2 atom stereocenters. The van der Waals surface area contributed by atoms with Gasteiger partial charge in [-0.2, -0.15) is 9.49 Å². The largest absolute Gasteiger partial charge is 0.355 e. The zero-order valence-corrected chi connectivity index (χ0v) is 15.1. The van der Waals surface area contributed by atoms with E-state index >= 15 is 0 Å². The predicted octanol–water partition coefficient (Wildman–Crippen LogP) is 0.467. The molecule has 0 spiro atoms. The highest BCUT2D eigenvalue weighted by Crippen LogP contribution is 2.36. The number of aromatic nitrogens is 6. The van der Waals surface area contributed by atoms with Gasteiger partial charge in [0.05, 0.1) is 17.3 Å². The maximum Gasteiger partial charge on any atom is 0.288 e. The molecule has 0 aliphatic carbocycles. The number of hydrogen-bond acceptors (Lipinski definition) is 7. The molecule has 2 aliphatic heterocycles. The van der Waals surface area contributed by atoms with Gasteiger partial charge in [0.15, 0.2) is 5.65 Å². The lowest BCUT2D eigenvalue weighted by atomic mass is 10.0. The van der Waals surface area contributed by atoms with Gasteiger partial charge in [-0.3, -0.25) is 14.5 Å². The standard InChI is InChI=1S/C17H19FN8O/c1-9-13(18)16(27)23-17(22-9)26-6-10-4-25(5-11(10)7-26)15-12-3-21-24(2)14(12)19-8-20-15/h3,8,10-11H,4-7H2,1-2H3,(H,22,23,27). The average Bonchev–Trinajstić information content (AvgIpc) is 3.32. The van der Waals surface area contributed by atoms with E-state index in [0.717, 1.165) is 43.0 Å². The lowest BCUT2D eigenvalue weighted by Gasteiger charge is -2.23. The van der Waals surface area contributed by atoms with Crippen LogP contribution in [0.2, 0.25) is 0 Å². The van der Waals surface area contributed by atoms with E-state index in [0.29, 0.717) is 17.8 Å². The van der Waals surface area contributed by atoms with E-state index in [9.17, 15) is 9.18 Å². The Bertz CT molecular complexity index is 1080. The molecule has 27 heavy (non-hydrogen) atoms. The normalized spacial score (nSPS) is 22.0. The number of halogens is 1. The highest BCUT2D eigenvalue weighted by Gasteiger charge is 2.41. The van der Waals surface area contributed by atoms with Crippen LogP contribution in [0.15, 0.2) is 17.3 Å². The molecule has 3 aromatic rings. The van der Waals surface area contributed by atoms with Gasteiger partial charge in [0.1, 0.15) is 12.1 Å². The molecule has 10 heteroatoms. The fourth-order valence-electron chi connectivity index (χ4n) is 4.25. The molecule has 0 bridgehead atoms. The van der Waals surface area contributed by atoms with Gasteiger partial charge in [-0.25, -0.2) is 15.0 Å². The number of hydrogen-bond donors (Lipinski definition) is 1. The molecular formula is C17H19FN8O. The number of rotatable bonds is 2. The number of fused-ring (bicyclic) bond motifs is 2. The zero-order chi connectivity index (χ0) is 18.7. The molecule has 5 rings (SSSR count). The monoisotopic (exact) mass is 370 g/mol.